The monoisotopic (exact) mass is 385 g/mol. The molecule has 0 saturated carbocycles. The van der Waals surface area contributed by atoms with Gasteiger partial charge >= 0.3 is 5.97 Å². The van der Waals surface area contributed by atoms with Gasteiger partial charge in [0.05, 0.1) is 31.3 Å². The van der Waals surface area contributed by atoms with Gasteiger partial charge in [0, 0.05) is 12.6 Å². The van der Waals surface area contributed by atoms with Crippen molar-refractivity contribution in [3.8, 4) is 11.5 Å². The van der Waals surface area contributed by atoms with Gasteiger partial charge in [-0.3, -0.25) is 4.79 Å². The average molecular weight is 385 g/mol. The molecule has 1 heterocycles. The van der Waals surface area contributed by atoms with Crippen molar-refractivity contribution in [1.82, 2.24) is 4.90 Å². The van der Waals surface area contributed by atoms with Crippen LogP contribution in [0.5, 0.6) is 11.5 Å². The fourth-order valence-corrected chi connectivity index (χ4v) is 4.64. The second-order valence-corrected chi connectivity index (χ2v) is 8.11. The molecule has 0 radical (unpaired) electrons. The summed E-state index contributed by atoms with van der Waals surface area (Å²) < 4.78 is 38.6. The minimum absolute atomic E-state index is 0.0102. The second-order valence-electron chi connectivity index (χ2n) is 5.88. The van der Waals surface area contributed by atoms with Gasteiger partial charge in [-0.15, -0.1) is 0 Å². The number of methoxy groups -OCH3 is 2. The Hall–Kier alpha value is -2.29. The van der Waals surface area contributed by atoms with Crippen LogP contribution in [0, 0.1) is 0 Å². The largest absolute Gasteiger partial charge is 0.493 e. The number of likely N-dealkylation sites (N-methyl/N-ethyl adjacent to an activating group) is 1. The third-order valence-corrected chi connectivity index (χ3v) is 6.00. The first-order valence-corrected chi connectivity index (χ1v) is 10.0. The summed E-state index contributed by atoms with van der Waals surface area (Å²) in [5.41, 5.74) is 0.300. The van der Waals surface area contributed by atoms with Crippen molar-refractivity contribution in [2.45, 2.75) is 19.4 Å². The molecule has 1 aliphatic rings. The van der Waals surface area contributed by atoms with Crippen LogP contribution in [0.1, 0.15) is 23.7 Å². The molecule has 1 aliphatic heterocycles. The van der Waals surface area contributed by atoms with Gasteiger partial charge in [0.1, 0.15) is 0 Å². The molecule has 0 bridgehead atoms. The van der Waals surface area contributed by atoms with Crippen molar-refractivity contribution in [2.75, 3.05) is 38.9 Å². The summed E-state index contributed by atoms with van der Waals surface area (Å²) in [6.45, 7) is 1.95. The lowest BCUT2D eigenvalue weighted by Crippen LogP contribution is -2.43. The van der Waals surface area contributed by atoms with E-state index >= 15 is 0 Å². The van der Waals surface area contributed by atoms with Crippen molar-refractivity contribution in [1.29, 1.82) is 0 Å². The quantitative estimate of drug-likeness (QED) is 0.643. The molecule has 0 spiro atoms. The molecule has 1 amide bonds. The first-order valence-electron chi connectivity index (χ1n) is 8.20. The van der Waals surface area contributed by atoms with Crippen molar-refractivity contribution in [3.05, 3.63) is 23.8 Å². The van der Waals surface area contributed by atoms with Gasteiger partial charge in [0.2, 0.25) is 0 Å². The summed E-state index contributed by atoms with van der Waals surface area (Å²) >= 11 is 0. The first kappa shape index (κ1) is 20.0. The highest BCUT2D eigenvalue weighted by Crippen LogP contribution is 2.28. The minimum atomic E-state index is -3.08. The van der Waals surface area contributed by atoms with Gasteiger partial charge in [-0.25, -0.2) is 13.2 Å². The predicted octanol–water partition coefficient (Wildman–Crippen LogP) is 0.896. The zero-order chi connectivity index (χ0) is 19.3. The number of amides is 1. The Morgan fingerprint density at radius 2 is 1.96 bits per heavy atom. The van der Waals surface area contributed by atoms with Crippen LogP contribution >= 0.6 is 0 Å². The highest BCUT2D eigenvalue weighted by Gasteiger charge is 2.34. The highest BCUT2D eigenvalue weighted by atomic mass is 32.2. The number of carbonyl (C=O) groups is 2. The van der Waals surface area contributed by atoms with Crippen LogP contribution in [-0.4, -0.2) is 70.1 Å². The summed E-state index contributed by atoms with van der Waals surface area (Å²) in [5, 5.41) is 0. The molecule has 1 aromatic carbocycles. The van der Waals surface area contributed by atoms with Crippen LogP contribution in [-0.2, 0) is 19.4 Å². The molecule has 1 fully saturated rings. The summed E-state index contributed by atoms with van der Waals surface area (Å²) in [6.07, 6.45) is 0.444. The zero-order valence-corrected chi connectivity index (χ0v) is 15.9. The van der Waals surface area contributed by atoms with Gasteiger partial charge in [-0.1, -0.05) is 0 Å². The molecular formula is C17H23NO7S. The van der Waals surface area contributed by atoms with Gasteiger partial charge in [-0.2, -0.15) is 0 Å². The van der Waals surface area contributed by atoms with E-state index in [-0.39, 0.29) is 30.1 Å². The number of hydrogen-bond acceptors (Lipinski definition) is 7. The average Bonchev–Trinajstić information content (AvgIpc) is 2.99. The molecule has 0 unspecified atom stereocenters. The van der Waals surface area contributed by atoms with E-state index in [1.165, 1.54) is 37.3 Å². The Bertz CT molecular complexity index is 775. The number of carbonyl (C=O) groups excluding carboxylic acids is 2. The van der Waals surface area contributed by atoms with Gasteiger partial charge in [0.25, 0.3) is 5.91 Å². The first-order chi connectivity index (χ1) is 12.3. The molecule has 0 N–H and O–H groups in total. The lowest BCUT2D eigenvalue weighted by molar-refractivity contribution is -0.135. The predicted molar refractivity (Wildman–Crippen MR) is 94.3 cm³/mol. The third kappa shape index (κ3) is 4.66. The fourth-order valence-electron chi connectivity index (χ4n) is 2.91. The number of nitrogens with zero attached hydrogens (tertiary/aromatic N) is 1. The second kappa shape index (κ2) is 8.39. The van der Waals surface area contributed by atoms with Gasteiger partial charge in [0.15, 0.2) is 27.9 Å². The van der Waals surface area contributed by atoms with E-state index in [0.29, 0.717) is 30.0 Å². The van der Waals surface area contributed by atoms with E-state index in [1.807, 2.05) is 0 Å². The molecular weight excluding hydrogens is 362 g/mol. The third-order valence-electron chi connectivity index (χ3n) is 4.25. The van der Waals surface area contributed by atoms with E-state index in [4.69, 9.17) is 9.47 Å². The normalized spacial score (nSPS) is 18.2. The summed E-state index contributed by atoms with van der Waals surface area (Å²) in [7, 11) is -0.374. The molecule has 144 valence electrons. The molecule has 0 aromatic heterocycles. The Labute approximate surface area is 152 Å². The van der Waals surface area contributed by atoms with Crippen molar-refractivity contribution < 1.29 is 32.2 Å². The smallest absolute Gasteiger partial charge is 0.337 e. The Balaban J connectivity index is 2.05. The summed E-state index contributed by atoms with van der Waals surface area (Å²) in [5.74, 6) is -0.107. The van der Waals surface area contributed by atoms with E-state index in [0.717, 1.165) is 0 Å². The summed E-state index contributed by atoms with van der Waals surface area (Å²) in [4.78, 5) is 25.5. The van der Waals surface area contributed by atoms with Crippen LogP contribution in [0.4, 0.5) is 0 Å². The number of rotatable bonds is 7. The maximum absolute atomic E-state index is 12.5. The topological polar surface area (TPSA) is 99.2 Å². The Morgan fingerprint density at radius 3 is 2.50 bits per heavy atom. The van der Waals surface area contributed by atoms with Gasteiger partial charge in [-0.05, 0) is 31.5 Å². The fraction of sp³-hybridized carbons (Fsp3) is 0.529. The highest BCUT2D eigenvalue weighted by molar-refractivity contribution is 7.91. The molecule has 1 aromatic rings. The van der Waals surface area contributed by atoms with Crippen molar-refractivity contribution in [2.24, 2.45) is 0 Å². The molecule has 8 nitrogen and oxygen atoms in total. The van der Waals surface area contributed by atoms with E-state index in [1.54, 1.807) is 6.92 Å². The molecule has 1 atom stereocenters. The lowest BCUT2D eigenvalue weighted by Gasteiger charge is -2.26. The maximum atomic E-state index is 12.5. The molecule has 1 saturated heterocycles. The minimum Gasteiger partial charge on any atom is -0.493 e. The molecule has 2 rings (SSSR count). The van der Waals surface area contributed by atoms with E-state index in [9.17, 15) is 18.0 Å². The van der Waals surface area contributed by atoms with Crippen molar-refractivity contribution in [3.63, 3.8) is 0 Å². The number of ether oxygens (including phenoxy) is 3. The number of esters is 1. The number of sulfone groups is 1. The lowest BCUT2D eigenvalue weighted by atomic mass is 10.2. The van der Waals surface area contributed by atoms with E-state index in [2.05, 4.69) is 4.74 Å². The Kier molecular flexibility index (Phi) is 6.47. The van der Waals surface area contributed by atoms with Crippen LogP contribution in [0.15, 0.2) is 18.2 Å². The SMILES string of the molecule is CCN(C(=O)COc1ccc(C(=O)OC)cc1OC)[C@H]1CCS(=O)(=O)C1. The van der Waals surface area contributed by atoms with Crippen molar-refractivity contribution >= 4 is 21.7 Å². The van der Waals surface area contributed by atoms with Gasteiger partial charge < -0.3 is 19.1 Å². The van der Waals surface area contributed by atoms with Crippen LogP contribution in [0.25, 0.3) is 0 Å². The summed E-state index contributed by atoms with van der Waals surface area (Å²) in [6, 6.07) is 4.18. The van der Waals surface area contributed by atoms with Crippen LogP contribution < -0.4 is 9.47 Å². The molecule has 0 aliphatic carbocycles. The molecule has 26 heavy (non-hydrogen) atoms. The number of benzene rings is 1. The molecule has 9 heteroatoms. The zero-order valence-electron chi connectivity index (χ0n) is 15.1. The number of hydrogen-bond donors (Lipinski definition) is 0. The van der Waals surface area contributed by atoms with E-state index < -0.39 is 15.8 Å². The Morgan fingerprint density at radius 1 is 1.23 bits per heavy atom. The van der Waals surface area contributed by atoms with Crippen LogP contribution in [0.3, 0.4) is 0 Å². The van der Waals surface area contributed by atoms with Crippen LogP contribution in [0.2, 0.25) is 0 Å². The standard InChI is InChI=1S/C17H23NO7S/c1-4-18(13-7-8-26(21,22)11-13)16(19)10-25-14-6-5-12(17(20)24-3)9-15(14)23-2/h5-6,9,13H,4,7-8,10-11H2,1-3H3/t13-/m0/s1. The maximum Gasteiger partial charge on any atom is 0.337 e.